The van der Waals surface area contributed by atoms with Gasteiger partial charge < -0.3 is 20.9 Å². The van der Waals surface area contributed by atoms with Crippen molar-refractivity contribution in [3.63, 3.8) is 0 Å². The highest BCUT2D eigenvalue weighted by Gasteiger charge is 2.40. The highest BCUT2D eigenvalue weighted by molar-refractivity contribution is 6.37. The smallest absolute Gasteiger partial charge is 0.269 e. The van der Waals surface area contributed by atoms with Gasteiger partial charge in [0.1, 0.15) is 30.1 Å². The third-order valence-corrected chi connectivity index (χ3v) is 7.69. The van der Waals surface area contributed by atoms with Gasteiger partial charge in [-0.3, -0.25) is 19.1 Å². The number of H-pyrrole nitrogens is 1. The minimum absolute atomic E-state index is 0.00508. The highest BCUT2D eigenvalue weighted by atomic mass is 35.5. The van der Waals surface area contributed by atoms with Gasteiger partial charge in [-0.25, -0.2) is 13.8 Å². The van der Waals surface area contributed by atoms with Crippen molar-refractivity contribution in [3.8, 4) is 11.1 Å². The number of nitrogens with two attached hydrogens (primary N) is 1. The number of aryl methyl sites for hydroxylation is 1. The third-order valence-electron chi connectivity index (χ3n) is 7.31. The van der Waals surface area contributed by atoms with Crippen molar-refractivity contribution in [2.75, 3.05) is 11.9 Å². The lowest BCUT2D eigenvalue weighted by Crippen LogP contribution is -2.44. The molecule has 10 nitrogen and oxygen atoms in total. The molecule has 0 bridgehead atoms. The second-order valence-electron chi connectivity index (χ2n) is 10.1. The molecule has 3 aromatic carbocycles. The van der Waals surface area contributed by atoms with Gasteiger partial charge in [-0.15, -0.1) is 0 Å². The van der Waals surface area contributed by atoms with E-state index in [9.17, 15) is 18.8 Å². The Labute approximate surface area is 242 Å². The zero-order valence-electron chi connectivity index (χ0n) is 22.2. The number of nitrogens with zero attached hydrogens (tertiary/aromatic N) is 4. The van der Waals surface area contributed by atoms with Crippen molar-refractivity contribution in [2.45, 2.75) is 32.1 Å². The fourth-order valence-electron chi connectivity index (χ4n) is 5.38. The second kappa shape index (κ2) is 10.5. The van der Waals surface area contributed by atoms with Crippen molar-refractivity contribution in [2.24, 2.45) is 5.73 Å². The zero-order chi connectivity index (χ0) is 29.7. The number of aromatic nitrogens is 4. The van der Waals surface area contributed by atoms with Crippen molar-refractivity contribution >= 4 is 56.9 Å². The number of anilines is 1. The van der Waals surface area contributed by atoms with E-state index in [1.165, 1.54) is 16.8 Å². The first-order chi connectivity index (χ1) is 20.1. The topological polar surface area (TPSA) is 139 Å². The first kappa shape index (κ1) is 27.3. The van der Waals surface area contributed by atoms with Crippen LogP contribution in [0.2, 0.25) is 5.02 Å². The molecule has 2 aromatic heterocycles. The Balaban J connectivity index is 1.25. The minimum Gasteiger partial charge on any atom is -0.364 e. The van der Waals surface area contributed by atoms with Crippen LogP contribution in [-0.2, 0) is 16.1 Å². The van der Waals surface area contributed by atoms with Crippen LogP contribution in [-0.4, -0.2) is 61.1 Å². The number of alkyl halides is 1. The molecule has 0 spiro atoms. The molecule has 6 rings (SSSR count). The molecule has 1 saturated heterocycles. The van der Waals surface area contributed by atoms with Crippen molar-refractivity contribution in [1.29, 1.82) is 0 Å². The number of benzene rings is 3. The van der Waals surface area contributed by atoms with Gasteiger partial charge in [-0.05, 0) is 25.1 Å². The number of fused-ring (bicyclic) bond motifs is 2. The molecule has 0 aliphatic carbocycles. The SMILES string of the molecule is Cc1nc2c(Cl)c(-c3cccc(NC(=O)[C@@H]4C[C@@H](F)CN4C(=O)Cn4nc(C(N)=O)c5ccccc54)c3F)ccc2[nH]1. The molecule has 42 heavy (non-hydrogen) atoms. The average molecular weight is 592 g/mol. The maximum absolute atomic E-state index is 15.7. The average Bonchev–Trinajstić information content (AvgIpc) is 3.65. The molecule has 4 N–H and O–H groups in total. The van der Waals surface area contributed by atoms with Crippen molar-refractivity contribution in [1.82, 2.24) is 24.6 Å². The predicted molar refractivity (Wildman–Crippen MR) is 153 cm³/mol. The minimum atomic E-state index is -1.46. The van der Waals surface area contributed by atoms with Gasteiger partial charge in [-0.2, -0.15) is 5.10 Å². The standard InChI is InChI=1S/C29H24ClF2N7O3/c1-14-34-20-10-9-16(24(30)27(20)35-14)17-6-4-7-19(25(17)32)36-29(42)22-11-15(31)12-38(22)23(40)13-39-21-8-3-2-5-18(21)26(37-39)28(33)41/h2-10,15,22H,11-13H2,1H3,(H2,33,41)(H,34,35)(H,36,42)/t15-,22+/m1/s1. The highest BCUT2D eigenvalue weighted by Crippen LogP contribution is 2.37. The number of imidazole rings is 1. The fraction of sp³-hybridized carbons (Fsp3) is 0.207. The summed E-state index contributed by atoms with van der Waals surface area (Å²) in [6, 6.07) is 13.4. The van der Waals surface area contributed by atoms with E-state index in [0.29, 0.717) is 33.3 Å². The van der Waals surface area contributed by atoms with Crippen LogP contribution in [0.4, 0.5) is 14.5 Å². The Kier molecular flexibility index (Phi) is 6.85. The molecule has 1 aliphatic heterocycles. The lowest BCUT2D eigenvalue weighted by molar-refractivity contribution is -0.137. The Hall–Kier alpha value is -4.84. The molecule has 0 unspecified atom stereocenters. The van der Waals surface area contributed by atoms with E-state index < -0.39 is 35.8 Å². The second-order valence-corrected chi connectivity index (χ2v) is 10.5. The van der Waals surface area contributed by atoms with Gasteiger partial charge >= 0.3 is 0 Å². The fourth-order valence-corrected chi connectivity index (χ4v) is 5.69. The van der Waals surface area contributed by atoms with Crippen LogP contribution in [0.15, 0.2) is 54.6 Å². The molecule has 3 amide bonds. The molecular formula is C29H24ClF2N7O3. The number of aromatic amines is 1. The van der Waals surface area contributed by atoms with Gasteiger partial charge in [0.05, 0.1) is 28.3 Å². The number of para-hydroxylation sites is 1. The Bertz CT molecular complexity index is 1900. The van der Waals surface area contributed by atoms with Gasteiger partial charge in [0.25, 0.3) is 5.91 Å². The van der Waals surface area contributed by atoms with Crippen LogP contribution in [0.5, 0.6) is 0 Å². The normalized spacial score (nSPS) is 16.8. The van der Waals surface area contributed by atoms with E-state index in [1.54, 1.807) is 49.4 Å². The summed E-state index contributed by atoms with van der Waals surface area (Å²) in [5, 5.41) is 7.40. The molecule has 0 radical (unpaired) electrons. The van der Waals surface area contributed by atoms with Gasteiger partial charge in [0.2, 0.25) is 11.8 Å². The lowest BCUT2D eigenvalue weighted by Gasteiger charge is -2.24. The number of likely N-dealkylation sites (tertiary alicyclic amines) is 1. The number of primary amides is 1. The molecule has 214 valence electrons. The monoisotopic (exact) mass is 591 g/mol. The van der Waals surface area contributed by atoms with Crippen molar-refractivity contribution in [3.05, 3.63) is 77.0 Å². The molecule has 1 aliphatic rings. The van der Waals surface area contributed by atoms with Crippen LogP contribution >= 0.6 is 11.6 Å². The number of amides is 3. The number of rotatable bonds is 6. The van der Waals surface area contributed by atoms with Crippen LogP contribution in [0.25, 0.3) is 33.1 Å². The summed E-state index contributed by atoms with van der Waals surface area (Å²) in [5.74, 6) is -2.18. The molecule has 1 fully saturated rings. The maximum atomic E-state index is 15.7. The molecule has 13 heteroatoms. The third kappa shape index (κ3) is 4.73. The van der Waals surface area contributed by atoms with Gasteiger partial charge in [0, 0.05) is 22.9 Å². The van der Waals surface area contributed by atoms with E-state index in [0.717, 1.165) is 4.90 Å². The maximum Gasteiger partial charge on any atom is 0.269 e. The quantitative estimate of drug-likeness (QED) is 0.269. The summed E-state index contributed by atoms with van der Waals surface area (Å²) in [6.45, 7) is 1.10. The van der Waals surface area contributed by atoms with Gasteiger partial charge in [-0.1, -0.05) is 48.0 Å². The largest absolute Gasteiger partial charge is 0.364 e. The van der Waals surface area contributed by atoms with Crippen LogP contribution in [0.1, 0.15) is 22.7 Å². The van der Waals surface area contributed by atoms with E-state index in [1.807, 2.05) is 0 Å². The summed E-state index contributed by atoms with van der Waals surface area (Å²) in [6.07, 6.45) is -1.72. The van der Waals surface area contributed by atoms with Crippen LogP contribution in [0.3, 0.4) is 0 Å². The van der Waals surface area contributed by atoms with Crippen LogP contribution < -0.4 is 11.1 Å². The number of carbonyl (C=O) groups excluding carboxylic acids is 3. The Morgan fingerprint density at radius 1 is 1.12 bits per heavy atom. The lowest BCUT2D eigenvalue weighted by atomic mass is 10.0. The number of halogens is 3. The summed E-state index contributed by atoms with van der Waals surface area (Å²) in [4.78, 5) is 47.0. The summed E-state index contributed by atoms with van der Waals surface area (Å²) < 4.78 is 31.6. The van der Waals surface area contributed by atoms with Crippen LogP contribution in [0, 0.1) is 12.7 Å². The van der Waals surface area contributed by atoms with E-state index in [4.69, 9.17) is 17.3 Å². The van der Waals surface area contributed by atoms with E-state index >= 15 is 4.39 Å². The number of hydrogen-bond acceptors (Lipinski definition) is 5. The number of hydrogen-bond donors (Lipinski definition) is 3. The molecule has 2 atom stereocenters. The summed E-state index contributed by atoms with van der Waals surface area (Å²) in [5.41, 5.74) is 7.48. The van der Waals surface area contributed by atoms with Crippen molar-refractivity contribution < 1.29 is 23.2 Å². The summed E-state index contributed by atoms with van der Waals surface area (Å²) in [7, 11) is 0. The Morgan fingerprint density at radius 2 is 1.90 bits per heavy atom. The van der Waals surface area contributed by atoms with E-state index in [-0.39, 0.29) is 41.5 Å². The molecular weight excluding hydrogens is 568 g/mol. The zero-order valence-corrected chi connectivity index (χ0v) is 23.0. The molecule has 0 saturated carbocycles. The van der Waals surface area contributed by atoms with Gasteiger partial charge in [0.15, 0.2) is 11.5 Å². The summed E-state index contributed by atoms with van der Waals surface area (Å²) >= 11 is 6.56. The molecule has 5 aromatic rings. The predicted octanol–water partition coefficient (Wildman–Crippen LogP) is 4.36. The number of carbonyl (C=O) groups is 3. The molecule has 3 heterocycles. The Morgan fingerprint density at radius 3 is 2.69 bits per heavy atom. The first-order valence-corrected chi connectivity index (χ1v) is 13.4. The van der Waals surface area contributed by atoms with E-state index in [2.05, 4.69) is 20.4 Å². The number of nitrogens with one attached hydrogen (secondary N) is 2. The first-order valence-electron chi connectivity index (χ1n) is 13.1.